The number of hydrogen-bond acceptors (Lipinski definition) is 2. The zero-order valence-electron chi connectivity index (χ0n) is 9.47. The van der Waals surface area contributed by atoms with E-state index in [2.05, 4.69) is 0 Å². The Labute approximate surface area is 90.9 Å². The lowest BCUT2D eigenvalue weighted by Gasteiger charge is -2.26. The predicted molar refractivity (Wildman–Crippen MR) is 61.3 cm³/mol. The van der Waals surface area contributed by atoms with Crippen LogP contribution in [-0.4, -0.2) is 23.9 Å². The molecule has 0 spiro atoms. The zero-order chi connectivity index (χ0) is 11.4. The molecule has 1 aromatic rings. The van der Waals surface area contributed by atoms with Crippen LogP contribution >= 0.6 is 0 Å². The molecule has 3 heteroatoms. The van der Waals surface area contributed by atoms with Crippen molar-refractivity contribution < 1.29 is 4.79 Å². The maximum atomic E-state index is 11.7. The van der Waals surface area contributed by atoms with Gasteiger partial charge in [-0.15, -0.1) is 0 Å². The molecule has 0 aliphatic heterocycles. The molecule has 1 aromatic carbocycles. The van der Waals surface area contributed by atoms with Gasteiger partial charge in [0.1, 0.15) is 0 Å². The van der Waals surface area contributed by atoms with Crippen LogP contribution < -0.4 is 5.73 Å². The van der Waals surface area contributed by atoms with Gasteiger partial charge in [-0.25, -0.2) is 0 Å². The smallest absolute Gasteiger partial charge is 0.239 e. The predicted octanol–water partition coefficient (Wildman–Crippen LogP) is 1.55. The third-order valence-corrected chi connectivity index (χ3v) is 2.60. The second-order valence-electron chi connectivity index (χ2n) is 3.82. The highest BCUT2D eigenvalue weighted by molar-refractivity contribution is 5.81. The molecule has 15 heavy (non-hydrogen) atoms. The molecule has 0 fully saturated rings. The van der Waals surface area contributed by atoms with Crippen molar-refractivity contribution >= 4 is 5.91 Å². The molecule has 0 aromatic heterocycles. The van der Waals surface area contributed by atoms with Gasteiger partial charge in [0, 0.05) is 7.05 Å². The number of nitrogens with two attached hydrogens (primary N) is 1. The highest BCUT2D eigenvalue weighted by Gasteiger charge is 2.19. The lowest BCUT2D eigenvalue weighted by Crippen LogP contribution is -2.40. The fraction of sp³-hybridized carbons (Fsp3) is 0.417. The van der Waals surface area contributed by atoms with Crippen molar-refractivity contribution in [3.8, 4) is 0 Å². The summed E-state index contributed by atoms with van der Waals surface area (Å²) in [6.07, 6.45) is 0. The first kappa shape index (κ1) is 11.7. The number of hydrogen-bond donors (Lipinski definition) is 1. The summed E-state index contributed by atoms with van der Waals surface area (Å²) in [4.78, 5) is 13.3. The molecule has 1 rings (SSSR count). The van der Waals surface area contributed by atoms with Gasteiger partial charge < -0.3 is 10.6 Å². The SMILES string of the molecule is CC(N)C(=O)N(C)C(C)c1ccccc1. The Morgan fingerprint density at radius 3 is 2.27 bits per heavy atom. The van der Waals surface area contributed by atoms with E-state index in [1.165, 1.54) is 0 Å². The van der Waals surface area contributed by atoms with Crippen LogP contribution in [0, 0.1) is 0 Å². The summed E-state index contributed by atoms with van der Waals surface area (Å²) in [6.45, 7) is 3.70. The van der Waals surface area contributed by atoms with Crippen LogP contribution in [0.5, 0.6) is 0 Å². The van der Waals surface area contributed by atoms with Gasteiger partial charge in [-0.05, 0) is 19.4 Å². The van der Waals surface area contributed by atoms with Crippen LogP contribution in [0.25, 0.3) is 0 Å². The minimum atomic E-state index is -0.443. The summed E-state index contributed by atoms with van der Waals surface area (Å²) < 4.78 is 0. The molecular weight excluding hydrogens is 188 g/mol. The van der Waals surface area contributed by atoms with Crippen LogP contribution in [-0.2, 0) is 4.79 Å². The lowest BCUT2D eigenvalue weighted by molar-refractivity contribution is -0.132. The highest BCUT2D eigenvalue weighted by atomic mass is 16.2. The van der Waals surface area contributed by atoms with E-state index in [1.807, 2.05) is 37.3 Å². The van der Waals surface area contributed by atoms with Crippen molar-refractivity contribution in [1.29, 1.82) is 0 Å². The Morgan fingerprint density at radius 1 is 1.27 bits per heavy atom. The van der Waals surface area contributed by atoms with E-state index in [0.717, 1.165) is 5.56 Å². The number of rotatable bonds is 3. The molecule has 3 nitrogen and oxygen atoms in total. The van der Waals surface area contributed by atoms with Gasteiger partial charge in [0.15, 0.2) is 0 Å². The van der Waals surface area contributed by atoms with Crippen molar-refractivity contribution in [1.82, 2.24) is 4.90 Å². The average Bonchev–Trinajstić information content (AvgIpc) is 2.27. The van der Waals surface area contributed by atoms with Gasteiger partial charge in [-0.2, -0.15) is 0 Å². The van der Waals surface area contributed by atoms with Crippen LogP contribution in [0.2, 0.25) is 0 Å². The quantitative estimate of drug-likeness (QED) is 0.815. The molecule has 0 saturated heterocycles. The van der Waals surface area contributed by atoms with E-state index in [4.69, 9.17) is 5.73 Å². The van der Waals surface area contributed by atoms with E-state index < -0.39 is 6.04 Å². The summed E-state index contributed by atoms with van der Waals surface area (Å²) in [5.74, 6) is -0.0358. The number of amides is 1. The largest absolute Gasteiger partial charge is 0.338 e. The molecule has 2 atom stereocenters. The number of carbonyl (C=O) groups excluding carboxylic acids is 1. The van der Waals surface area contributed by atoms with E-state index >= 15 is 0 Å². The van der Waals surface area contributed by atoms with Gasteiger partial charge in [0.2, 0.25) is 5.91 Å². The van der Waals surface area contributed by atoms with Crippen LogP contribution in [0.3, 0.4) is 0 Å². The van der Waals surface area contributed by atoms with Crippen molar-refractivity contribution in [2.24, 2.45) is 5.73 Å². The van der Waals surface area contributed by atoms with Gasteiger partial charge in [0.25, 0.3) is 0 Å². The Kier molecular flexibility index (Phi) is 3.86. The van der Waals surface area contributed by atoms with E-state index in [0.29, 0.717) is 0 Å². The third kappa shape index (κ3) is 2.80. The van der Waals surface area contributed by atoms with Crippen molar-refractivity contribution in [2.45, 2.75) is 25.9 Å². The lowest BCUT2D eigenvalue weighted by atomic mass is 10.1. The first-order valence-corrected chi connectivity index (χ1v) is 5.11. The molecule has 1 amide bonds. The summed E-state index contributed by atoms with van der Waals surface area (Å²) in [6, 6.07) is 9.53. The maximum Gasteiger partial charge on any atom is 0.239 e. The van der Waals surface area contributed by atoms with Crippen LogP contribution in [0.1, 0.15) is 25.5 Å². The van der Waals surface area contributed by atoms with Gasteiger partial charge in [-0.3, -0.25) is 4.79 Å². The molecule has 0 aliphatic carbocycles. The normalized spacial score (nSPS) is 14.4. The first-order valence-electron chi connectivity index (χ1n) is 5.11. The molecule has 82 valence electrons. The standard InChI is InChI=1S/C12H18N2O/c1-9(13)12(15)14(3)10(2)11-7-5-4-6-8-11/h4-10H,13H2,1-3H3. The number of nitrogens with zero attached hydrogens (tertiary/aromatic N) is 1. The molecule has 0 heterocycles. The van der Waals surface area contributed by atoms with E-state index in [-0.39, 0.29) is 11.9 Å². The minimum absolute atomic E-state index is 0.0358. The topological polar surface area (TPSA) is 46.3 Å². The molecule has 0 radical (unpaired) electrons. The van der Waals surface area contributed by atoms with Crippen molar-refractivity contribution in [2.75, 3.05) is 7.05 Å². The second-order valence-corrected chi connectivity index (χ2v) is 3.82. The Bertz CT molecular complexity index is 322. The molecule has 0 saturated carbocycles. The van der Waals surface area contributed by atoms with E-state index in [1.54, 1.807) is 18.9 Å². The Hall–Kier alpha value is -1.35. The van der Waals surface area contributed by atoms with E-state index in [9.17, 15) is 4.79 Å². The van der Waals surface area contributed by atoms with Crippen molar-refractivity contribution in [3.05, 3.63) is 35.9 Å². The van der Waals surface area contributed by atoms with Gasteiger partial charge in [-0.1, -0.05) is 30.3 Å². The van der Waals surface area contributed by atoms with Gasteiger partial charge in [0.05, 0.1) is 12.1 Å². The monoisotopic (exact) mass is 206 g/mol. The molecule has 2 unspecified atom stereocenters. The Morgan fingerprint density at radius 2 is 1.80 bits per heavy atom. The fourth-order valence-electron chi connectivity index (χ4n) is 1.47. The molecule has 0 aliphatic rings. The second kappa shape index (κ2) is 4.94. The maximum absolute atomic E-state index is 11.7. The van der Waals surface area contributed by atoms with Gasteiger partial charge >= 0.3 is 0 Å². The summed E-state index contributed by atoms with van der Waals surface area (Å²) in [7, 11) is 1.78. The van der Waals surface area contributed by atoms with Crippen LogP contribution in [0.4, 0.5) is 0 Å². The zero-order valence-corrected chi connectivity index (χ0v) is 9.47. The number of benzene rings is 1. The Balaban J connectivity index is 2.77. The fourth-order valence-corrected chi connectivity index (χ4v) is 1.47. The highest BCUT2D eigenvalue weighted by Crippen LogP contribution is 2.18. The average molecular weight is 206 g/mol. The summed E-state index contributed by atoms with van der Waals surface area (Å²) >= 11 is 0. The summed E-state index contributed by atoms with van der Waals surface area (Å²) in [5.41, 5.74) is 6.68. The number of likely N-dealkylation sites (N-methyl/N-ethyl adjacent to an activating group) is 1. The first-order chi connectivity index (χ1) is 7.04. The van der Waals surface area contributed by atoms with Crippen molar-refractivity contribution in [3.63, 3.8) is 0 Å². The number of carbonyl (C=O) groups is 1. The summed E-state index contributed by atoms with van der Waals surface area (Å²) in [5, 5.41) is 0. The third-order valence-electron chi connectivity index (χ3n) is 2.60. The molecule has 2 N–H and O–H groups in total. The van der Waals surface area contributed by atoms with Crippen LogP contribution in [0.15, 0.2) is 30.3 Å². The minimum Gasteiger partial charge on any atom is -0.338 e. The molecular formula is C12H18N2O. The molecule has 0 bridgehead atoms.